The summed E-state index contributed by atoms with van der Waals surface area (Å²) in [4.78, 5) is 48.0. The fourth-order valence-corrected chi connectivity index (χ4v) is 3.59. The average Bonchev–Trinajstić information content (AvgIpc) is 2.78. The van der Waals surface area contributed by atoms with Crippen molar-refractivity contribution in [1.82, 2.24) is 5.32 Å². The van der Waals surface area contributed by atoms with Crippen LogP contribution in [0.25, 0.3) is 0 Å². The number of carboxylic acids is 1. The van der Waals surface area contributed by atoms with Crippen LogP contribution < -0.4 is 10.2 Å². The van der Waals surface area contributed by atoms with Crippen LogP contribution >= 0.6 is 11.8 Å². The summed E-state index contributed by atoms with van der Waals surface area (Å²) in [6, 6.07) is 5.99. The normalized spacial score (nSPS) is 18.6. The molecule has 2 atom stereocenters. The second-order valence-corrected chi connectivity index (χ2v) is 6.71. The van der Waals surface area contributed by atoms with Crippen molar-refractivity contribution in [2.45, 2.75) is 31.6 Å². The van der Waals surface area contributed by atoms with Crippen LogP contribution in [0.4, 0.5) is 5.69 Å². The highest BCUT2D eigenvalue weighted by Gasteiger charge is 2.40. The Morgan fingerprint density at radius 1 is 1.38 bits per heavy atom. The second-order valence-electron chi connectivity index (χ2n) is 5.47. The summed E-state index contributed by atoms with van der Waals surface area (Å²) in [6.07, 6.45) is 0.0181. The Bertz CT molecular complexity index is 691. The number of rotatable bonds is 6. The van der Waals surface area contributed by atoms with Crippen molar-refractivity contribution in [1.29, 1.82) is 0 Å². The Hall–Kier alpha value is -2.35. The highest BCUT2D eigenvalue weighted by Crippen LogP contribution is 2.31. The summed E-state index contributed by atoms with van der Waals surface area (Å²) in [5.41, 5.74) is 1.36. The van der Waals surface area contributed by atoms with E-state index < -0.39 is 23.2 Å². The van der Waals surface area contributed by atoms with Crippen LogP contribution in [0.3, 0.4) is 0 Å². The van der Waals surface area contributed by atoms with Crippen LogP contribution in [0.5, 0.6) is 0 Å². The Morgan fingerprint density at radius 3 is 2.62 bits per heavy atom. The van der Waals surface area contributed by atoms with E-state index in [-0.39, 0.29) is 24.0 Å². The van der Waals surface area contributed by atoms with Crippen molar-refractivity contribution in [3.8, 4) is 0 Å². The third-order valence-electron chi connectivity index (χ3n) is 3.60. The first-order chi connectivity index (χ1) is 11.3. The van der Waals surface area contributed by atoms with E-state index in [2.05, 4.69) is 5.32 Å². The average molecular weight is 350 g/mol. The molecule has 0 unspecified atom stereocenters. The molecule has 128 valence electrons. The number of nitrogens with one attached hydrogen (secondary N) is 1. The number of thioether (sulfide) groups is 1. The molecule has 1 fully saturated rings. The molecule has 0 bridgehead atoms. The monoisotopic (exact) mass is 350 g/mol. The molecule has 24 heavy (non-hydrogen) atoms. The number of aliphatic carboxylic acids is 1. The van der Waals surface area contributed by atoms with Gasteiger partial charge in [-0.1, -0.05) is 18.2 Å². The van der Waals surface area contributed by atoms with Crippen molar-refractivity contribution in [3.05, 3.63) is 29.8 Å². The predicted molar refractivity (Wildman–Crippen MR) is 89.8 cm³/mol. The minimum Gasteiger partial charge on any atom is -0.480 e. The second kappa shape index (κ2) is 7.48. The van der Waals surface area contributed by atoms with Crippen molar-refractivity contribution in [2.75, 3.05) is 10.7 Å². The van der Waals surface area contributed by atoms with Crippen LogP contribution in [0.2, 0.25) is 0 Å². The van der Waals surface area contributed by atoms with E-state index in [0.29, 0.717) is 5.69 Å². The fraction of sp³-hybridized carbons (Fsp3) is 0.375. The first kappa shape index (κ1) is 18.0. The molecule has 3 amide bonds. The van der Waals surface area contributed by atoms with Gasteiger partial charge in [-0.2, -0.15) is 0 Å². The molecule has 1 aromatic rings. The Labute approximate surface area is 143 Å². The van der Waals surface area contributed by atoms with E-state index in [4.69, 9.17) is 5.11 Å². The number of carboxylic acid groups (broad SMARTS) is 1. The number of carbonyl (C=O) groups is 4. The van der Waals surface area contributed by atoms with Crippen molar-refractivity contribution in [2.24, 2.45) is 0 Å². The minimum absolute atomic E-state index is 0.0141. The summed E-state index contributed by atoms with van der Waals surface area (Å²) in [6.45, 7) is 3.04. The number of amides is 3. The van der Waals surface area contributed by atoms with E-state index in [9.17, 15) is 19.2 Å². The van der Waals surface area contributed by atoms with E-state index in [1.807, 2.05) is 19.1 Å². The molecule has 7 nitrogen and oxygen atoms in total. The number of carbonyl (C=O) groups excluding carboxylic acids is 3. The number of benzene rings is 1. The minimum atomic E-state index is -1.18. The molecule has 1 saturated heterocycles. The van der Waals surface area contributed by atoms with Crippen LogP contribution in [-0.2, 0) is 19.2 Å². The van der Waals surface area contributed by atoms with Gasteiger partial charge in [-0.15, -0.1) is 11.8 Å². The van der Waals surface area contributed by atoms with E-state index in [0.717, 1.165) is 22.2 Å². The van der Waals surface area contributed by atoms with Gasteiger partial charge in [-0.25, -0.2) is 9.69 Å². The molecule has 0 aliphatic carbocycles. The summed E-state index contributed by atoms with van der Waals surface area (Å²) >= 11 is 1.07. The Morgan fingerprint density at radius 2 is 2.04 bits per heavy atom. The lowest BCUT2D eigenvalue weighted by Gasteiger charge is -2.18. The maximum atomic E-state index is 12.5. The lowest BCUT2D eigenvalue weighted by atomic mass is 10.2. The first-order valence-electron chi connectivity index (χ1n) is 7.35. The smallest absolute Gasteiger partial charge is 0.327 e. The van der Waals surface area contributed by atoms with Crippen molar-refractivity contribution < 1.29 is 24.3 Å². The van der Waals surface area contributed by atoms with Crippen LogP contribution in [0.15, 0.2) is 24.3 Å². The largest absolute Gasteiger partial charge is 0.480 e. The highest BCUT2D eigenvalue weighted by atomic mass is 32.2. The van der Waals surface area contributed by atoms with Gasteiger partial charge in [0, 0.05) is 19.1 Å². The molecule has 1 aliphatic rings. The van der Waals surface area contributed by atoms with E-state index in [1.54, 1.807) is 12.1 Å². The van der Waals surface area contributed by atoms with Crippen molar-refractivity contribution in [3.63, 3.8) is 0 Å². The Balaban J connectivity index is 2.07. The number of hydrogen-bond acceptors (Lipinski definition) is 5. The van der Waals surface area contributed by atoms with E-state index >= 15 is 0 Å². The number of nitrogens with zero attached hydrogens (tertiary/aromatic N) is 1. The van der Waals surface area contributed by atoms with E-state index in [1.165, 1.54) is 6.92 Å². The molecule has 0 radical (unpaired) electrons. The number of imide groups is 1. The molecule has 1 aliphatic heterocycles. The molecule has 2 N–H and O–H groups in total. The summed E-state index contributed by atoms with van der Waals surface area (Å²) in [7, 11) is 0. The highest BCUT2D eigenvalue weighted by molar-refractivity contribution is 8.00. The summed E-state index contributed by atoms with van der Waals surface area (Å²) < 4.78 is 0. The molecular formula is C16H18N2O5S. The summed E-state index contributed by atoms with van der Waals surface area (Å²) in [5.74, 6) is -2.28. The molecule has 1 aromatic carbocycles. The number of anilines is 1. The number of aryl methyl sites for hydroxylation is 1. The van der Waals surface area contributed by atoms with Gasteiger partial charge in [0.25, 0.3) is 0 Å². The van der Waals surface area contributed by atoms with Gasteiger partial charge in [0.1, 0.15) is 6.04 Å². The lowest BCUT2D eigenvalue weighted by Crippen LogP contribution is -2.42. The molecule has 8 heteroatoms. The maximum Gasteiger partial charge on any atom is 0.327 e. The molecular weight excluding hydrogens is 332 g/mol. The molecule has 0 aromatic heterocycles. The van der Waals surface area contributed by atoms with Gasteiger partial charge < -0.3 is 10.4 Å². The molecule has 1 heterocycles. The molecule has 0 saturated carbocycles. The fourth-order valence-electron chi connectivity index (χ4n) is 2.43. The van der Waals surface area contributed by atoms with Gasteiger partial charge in [0.2, 0.25) is 17.7 Å². The molecule has 0 spiro atoms. The number of para-hydroxylation sites is 1. The van der Waals surface area contributed by atoms with Gasteiger partial charge in [0.05, 0.1) is 10.9 Å². The first-order valence-corrected chi connectivity index (χ1v) is 8.40. The SMILES string of the molecule is CC(=O)N[C@H](CS[C@@H]1CC(=O)N(c2ccccc2C)C1=O)C(=O)O. The third-order valence-corrected chi connectivity index (χ3v) is 4.90. The van der Waals surface area contributed by atoms with Crippen LogP contribution in [0.1, 0.15) is 18.9 Å². The van der Waals surface area contributed by atoms with Crippen molar-refractivity contribution >= 4 is 41.1 Å². The quantitative estimate of drug-likeness (QED) is 0.740. The van der Waals surface area contributed by atoms with Gasteiger partial charge in [-0.3, -0.25) is 14.4 Å². The van der Waals surface area contributed by atoms with Gasteiger partial charge in [0.15, 0.2) is 0 Å². The zero-order chi connectivity index (χ0) is 17.9. The Kier molecular flexibility index (Phi) is 5.61. The predicted octanol–water partition coefficient (Wildman–Crippen LogP) is 0.949. The van der Waals surface area contributed by atoms with Gasteiger partial charge in [-0.05, 0) is 18.6 Å². The standard InChI is InChI=1S/C16H18N2O5S/c1-9-5-3-4-6-12(9)18-14(20)7-13(15(18)21)24-8-11(16(22)23)17-10(2)19/h3-6,11,13H,7-8H2,1-2H3,(H,17,19)(H,22,23)/t11-,13-/m1/s1. The number of hydrogen-bond donors (Lipinski definition) is 2. The lowest BCUT2D eigenvalue weighted by molar-refractivity contribution is -0.140. The third kappa shape index (κ3) is 3.94. The van der Waals surface area contributed by atoms with Gasteiger partial charge >= 0.3 is 5.97 Å². The zero-order valence-electron chi connectivity index (χ0n) is 13.3. The molecule has 2 rings (SSSR count). The van der Waals surface area contributed by atoms with Crippen LogP contribution in [0, 0.1) is 6.92 Å². The summed E-state index contributed by atoms with van der Waals surface area (Å²) in [5, 5.41) is 10.8. The topological polar surface area (TPSA) is 104 Å². The maximum absolute atomic E-state index is 12.5. The zero-order valence-corrected chi connectivity index (χ0v) is 14.1. The van der Waals surface area contributed by atoms with Crippen LogP contribution in [-0.4, -0.2) is 45.8 Å².